The number of amides is 1. The van der Waals surface area contributed by atoms with E-state index in [4.69, 9.17) is 10.2 Å². The van der Waals surface area contributed by atoms with Gasteiger partial charge in [-0.15, -0.1) is 0 Å². The van der Waals surface area contributed by atoms with Crippen molar-refractivity contribution in [2.75, 3.05) is 6.54 Å². The fourth-order valence-electron chi connectivity index (χ4n) is 0.523. The van der Waals surface area contributed by atoms with Crippen molar-refractivity contribution >= 4 is 6.09 Å². The third kappa shape index (κ3) is 8.97. The Morgan fingerprint density at radius 1 is 1.64 bits per heavy atom. The summed E-state index contributed by atoms with van der Waals surface area (Å²) in [6.07, 6.45) is 2.56. The van der Waals surface area contributed by atoms with Crippen molar-refractivity contribution in [3.63, 3.8) is 0 Å². The van der Waals surface area contributed by atoms with Crippen LogP contribution in [-0.4, -0.2) is 29.0 Å². The molecule has 0 aliphatic carbocycles. The van der Waals surface area contributed by atoms with E-state index in [1.807, 2.05) is 0 Å². The van der Waals surface area contributed by atoms with Gasteiger partial charge >= 0.3 is 6.09 Å². The van der Waals surface area contributed by atoms with Crippen LogP contribution in [0.25, 0.3) is 0 Å². The Bertz CT molecular complexity index is 143. The number of nitrogens with one attached hydrogen (secondary N) is 1. The SMILES string of the molecule is CC(O)C/C=C\CNC(=O)O. The number of carboxylic acid groups (broad SMARTS) is 1. The average molecular weight is 159 g/mol. The molecule has 0 saturated carbocycles. The zero-order valence-electron chi connectivity index (χ0n) is 6.45. The van der Waals surface area contributed by atoms with Gasteiger partial charge in [0.2, 0.25) is 0 Å². The summed E-state index contributed by atoms with van der Waals surface area (Å²) < 4.78 is 0. The molecule has 0 aromatic carbocycles. The molecule has 0 aliphatic rings. The van der Waals surface area contributed by atoms with Gasteiger partial charge in [-0.3, -0.25) is 0 Å². The minimum absolute atomic E-state index is 0.294. The lowest BCUT2D eigenvalue weighted by atomic mass is 10.3. The Morgan fingerprint density at radius 2 is 2.27 bits per heavy atom. The van der Waals surface area contributed by atoms with Crippen LogP contribution >= 0.6 is 0 Å². The van der Waals surface area contributed by atoms with Gasteiger partial charge in [-0.25, -0.2) is 4.79 Å². The van der Waals surface area contributed by atoms with Gasteiger partial charge in [0.1, 0.15) is 0 Å². The number of aliphatic hydroxyl groups excluding tert-OH is 1. The predicted octanol–water partition coefficient (Wildman–Crippen LogP) is 0.581. The number of rotatable bonds is 4. The Kier molecular flexibility index (Phi) is 5.20. The summed E-state index contributed by atoms with van der Waals surface area (Å²) in [5.74, 6) is 0. The van der Waals surface area contributed by atoms with Crippen LogP contribution in [0.5, 0.6) is 0 Å². The minimum Gasteiger partial charge on any atom is -0.465 e. The first kappa shape index (κ1) is 9.97. The van der Waals surface area contributed by atoms with Gasteiger partial charge in [-0.2, -0.15) is 0 Å². The quantitative estimate of drug-likeness (QED) is 0.525. The van der Waals surface area contributed by atoms with Gasteiger partial charge in [-0.05, 0) is 13.3 Å². The molecular weight excluding hydrogens is 146 g/mol. The van der Waals surface area contributed by atoms with Crippen LogP contribution in [0.15, 0.2) is 12.2 Å². The summed E-state index contributed by atoms with van der Waals surface area (Å²) >= 11 is 0. The van der Waals surface area contributed by atoms with Crippen molar-refractivity contribution in [3.8, 4) is 0 Å². The first-order valence-electron chi connectivity index (χ1n) is 3.42. The summed E-state index contributed by atoms with van der Waals surface area (Å²) in [6, 6.07) is 0. The topological polar surface area (TPSA) is 69.6 Å². The monoisotopic (exact) mass is 159 g/mol. The molecule has 4 nitrogen and oxygen atoms in total. The molecule has 1 unspecified atom stereocenters. The summed E-state index contributed by atoms with van der Waals surface area (Å²) in [5, 5.41) is 19.1. The van der Waals surface area contributed by atoms with E-state index in [9.17, 15) is 4.79 Å². The fraction of sp³-hybridized carbons (Fsp3) is 0.571. The zero-order chi connectivity index (χ0) is 8.69. The standard InChI is InChI=1S/C7H13NO3/c1-6(9)4-2-3-5-8-7(10)11/h2-3,6,8-9H,4-5H2,1H3,(H,10,11)/b3-2-. The van der Waals surface area contributed by atoms with Crippen LogP contribution in [0, 0.1) is 0 Å². The lowest BCUT2D eigenvalue weighted by Crippen LogP contribution is -2.20. The van der Waals surface area contributed by atoms with E-state index in [-0.39, 0.29) is 6.10 Å². The molecule has 0 heterocycles. The van der Waals surface area contributed by atoms with E-state index < -0.39 is 6.09 Å². The van der Waals surface area contributed by atoms with Crippen molar-refractivity contribution in [3.05, 3.63) is 12.2 Å². The molecule has 0 saturated heterocycles. The van der Waals surface area contributed by atoms with Crippen molar-refractivity contribution in [2.24, 2.45) is 0 Å². The normalized spacial score (nSPS) is 13.3. The molecule has 0 aliphatic heterocycles. The second-order valence-electron chi connectivity index (χ2n) is 2.24. The molecule has 0 bridgehead atoms. The third-order valence-electron chi connectivity index (χ3n) is 1.01. The average Bonchev–Trinajstić information content (AvgIpc) is 1.85. The van der Waals surface area contributed by atoms with Crippen LogP contribution in [0.3, 0.4) is 0 Å². The van der Waals surface area contributed by atoms with Gasteiger partial charge in [0, 0.05) is 6.54 Å². The molecule has 0 fully saturated rings. The number of hydrogen-bond acceptors (Lipinski definition) is 2. The van der Waals surface area contributed by atoms with E-state index in [2.05, 4.69) is 5.32 Å². The highest BCUT2D eigenvalue weighted by molar-refractivity contribution is 5.64. The van der Waals surface area contributed by atoms with Crippen molar-refractivity contribution in [1.82, 2.24) is 5.32 Å². The van der Waals surface area contributed by atoms with Crippen LogP contribution in [0.1, 0.15) is 13.3 Å². The number of carbonyl (C=O) groups is 1. The summed E-state index contributed by atoms with van der Waals surface area (Å²) in [4.78, 5) is 9.90. The summed E-state index contributed by atoms with van der Waals surface area (Å²) in [7, 11) is 0. The molecule has 0 radical (unpaired) electrons. The maximum atomic E-state index is 9.90. The molecule has 0 spiro atoms. The highest BCUT2D eigenvalue weighted by Gasteiger charge is 1.90. The van der Waals surface area contributed by atoms with Gasteiger partial charge in [-0.1, -0.05) is 12.2 Å². The highest BCUT2D eigenvalue weighted by atomic mass is 16.4. The van der Waals surface area contributed by atoms with E-state index in [1.54, 1.807) is 19.1 Å². The van der Waals surface area contributed by atoms with Crippen LogP contribution in [0.4, 0.5) is 4.79 Å². The van der Waals surface area contributed by atoms with Crippen molar-refractivity contribution in [1.29, 1.82) is 0 Å². The fourth-order valence-corrected chi connectivity index (χ4v) is 0.523. The summed E-state index contributed by atoms with van der Waals surface area (Å²) in [6.45, 7) is 1.97. The molecule has 1 atom stereocenters. The van der Waals surface area contributed by atoms with Gasteiger partial charge in [0.05, 0.1) is 6.10 Å². The Balaban J connectivity index is 3.23. The maximum Gasteiger partial charge on any atom is 0.404 e. The molecule has 64 valence electrons. The second kappa shape index (κ2) is 5.73. The van der Waals surface area contributed by atoms with E-state index >= 15 is 0 Å². The second-order valence-corrected chi connectivity index (χ2v) is 2.24. The van der Waals surface area contributed by atoms with Gasteiger partial charge in [0.25, 0.3) is 0 Å². The lowest BCUT2D eigenvalue weighted by Gasteiger charge is -1.96. The van der Waals surface area contributed by atoms with Crippen LogP contribution in [-0.2, 0) is 0 Å². The Labute approximate surface area is 65.5 Å². The molecule has 11 heavy (non-hydrogen) atoms. The summed E-state index contributed by atoms with van der Waals surface area (Å²) in [5.41, 5.74) is 0. The molecule has 0 aromatic heterocycles. The van der Waals surface area contributed by atoms with Crippen molar-refractivity contribution in [2.45, 2.75) is 19.4 Å². The molecular formula is C7H13NO3. The lowest BCUT2D eigenvalue weighted by molar-refractivity contribution is 0.195. The molecule has 3 N–H and O–H groups in total. The minimum atomic E-state index is -1.04. The van der Waals surface area contributed by atoms with E-state index in [0.717, 1.165) is 0 Å². The smallest absolute Gasteiger partial charge is 0.404 e. The predicted molar refractivity (Wildman–Crippen MR) is 41.5 cm³/mol. The third-order valence-corrected chi connectivity index (χ3v) is 1.01. The maximum absolute atomic E-state index is 9.90. The zero-order valence-corrected chi connectivity index (χ0v) is 6.45. The largest absolute Gasteiger partial charge is 0.465 e. The Morgan fingerprint density at radius 3 is 2.73 bits per heavy atom. The molecule has 0 rings (SSSR count). The molecule has 4 heteroatoms. The Hall–Kier alpha value is -1.03. The highest BCUT2D eigenvalue weighted by Crippen LogP contribution is 1.89. The molecule has 0 aromatic rings. The number of hydrogen-bond donors (Lipinski definition) is 3. The molecule has 1 amide bonds. The van der Waals surface area contributed by atoms with Crippen molar-refractivity contribution < 1.29 is 15.0 Å². The first-order valence-corrected chi connectivity index (χ1v) is 3.42. The van der Waals surface area contributed by atoms with Crippen LogP contribution < -0.4 is 5.32 Å². The van der Waals surface area contributed by atoms with Crippen LogP contribution in [0.2, 0.25) is 0 Å². The number of aliphatic hydroxyl groups is 1. The van der Waals surface area contributed by atoms with Gasteiger partial charge < -0.3 is 15.5 Å². The van der Waals surface area contributed by atoms with Gasteiger partial charge in [0.15, 0.2) is 0 Å². The van der Waals surface area contributed by atoms with E-state index in [1.165, 1.54) is 0 Å². The van der Waals surface area contributed by atoms with E-state index in [0.29, 0.717) is 13.0 Å². The first-order chi connectivity index (χ1) is 5.13.